The largest absolute Gasteiger partial charge is 0.478 e. The third-order valence-electron chi connectivity index (χ3n) is 3.07. The Balaban J connectivity index is 2.52. The van der Waals surface area contributed by atoms with Crippen LogP contribution in [0.2, 0.25) is 0 Å². The number of carbonyl (C=O) groups is 1. The monoisotopic (exact) mass is 310 g/mol. The molecule has 2 aromatic rings. The number of carboxylic acid groups (broad SMARTS) is 1. The van der Waals surface area contributed by atoms with Gasteiger partial charge in [0.1, 0.15) is 11.4 Å². The molecule has 1 N–H and O–H groups in total. The van der Waals surface area contributed by atoms with E-state index in [1.54, 1.807) is 6.92 Å². The van der Waals surface area contributed by atoms with Gasteiger partial charge < -0.3 is 10.0 Å². The average Bonchev–Trinajstić information content (AvgIpc) is 2.48. The zero-order valence-corrected chi connectivity index (χ0v) is 11.6. The van der Waals surface area contributed by atoms with Crippen LogP contribution in [-0.2, 0) is 6.18 Å². The van der Waals surface area contributed by atoms with Crippen LogP contribution in [0.4, 0.5) is 24.7 Å². The normalized spacial score (nSPS) is 11.3. The minimum Gasteiger partial charge on any atom is -0.478 e. The number of anilines is 2. The van der Waals surface area contributed by atoms with E-state index in [4.69, 9.17) is 0 Å². The highest BCUT2D eigenvalue weighted by Crippen LogP contribution is 2.33. The maximum Gasteiger partial charge on any atom is 0.416 e. The molecule has 0 radical (unpaired) electrons. The molecular formula is C15H13F3N2O2. The standard InChI is InChI=1S/C15H13F3N2O2/c1-2-20(13-12(14(21)22)7-4-8-19-13)11-6-3-5-10(9-11)15(16,17)18/h3-9H,2H2,1H3,(H,21,22). The molecule has 4 nitrogen and oxygen atoms in total. The number of hydrogen-bond donors (Lipinski definition) is 1. The molecule has 0 aliphatic heterocycles. The lowest BCUT2D eigenvalue weighted by atomic mass is 10.1. The fourth-order valence-corrected chi connectivity index (χ4v) is 2.08. The van der Waals surface area contributed by atoms with Gasteiger partial charge in [0.05, 0.1) is 5.56 Å². The molecule has 0 bridgehead atoms. The van der Waals surface area contributed by atoms with Gasteiger partial charge in [0.25, 0.3) is 0 Å². The van der Waals surface area contributed by atoms with Gasteiger partial charge in [-0.05, 0) is 37.3 Å². The van der Waals surface area contributed by atoms with Gasteiger partial charge in [0, 0.05) is 18.4 Å². The smallest absolute Gasteiger partial charge is 0.416 e. The average molecular weight is 310 g/mol. The Hall–Kier alpha value is -2.57. The van der Waals surface area contributed by atoms with Crippen LogP contribution in [0, 0.1) is 0 Å². The predicted molar refractivity (Wildman–Crippen MR) is 75.3 cm³/mol. The molecule has 7 heteroatoms. The van der Waals surface area contributed by atoms with Crippen molar-refractivity contribution < 1.29 is 23.1 Å². The van der Waals surface area contributed by atoms with Crippen molar-refractivity contribution in [2.24, 2.45) is 0 Å². The highest BCUT2D eigenvalue weighted by Gasteiger charge is 2.31. The number of aromatic carboxylic acids is 1. The third kappa shape index (κ3) is 3.19. The second kappa shape index (κ2) is 6.05. The van der Waals surface area contributed by atoms with Gasteiger partial charge in [-0.3, -0.25) is 0 Å². The van der Waals surface area contributed by atoms with Crippen LogP contribution in [0.1, 0.15) is 22.8 Å². The number of aromatic nitrogens is 1. The SMILES string of the molecule is CCN(c1cccc(C(F)(F)F)c1)c1ncccc1C(=O)O. The highest BCUT2D eigenvalue weighted by molar-refractivity contribution is 5.94. The number of pyridine rings is 1. The maximum atomic E-state index is 12.8. The maximum absolute atomic E-state index is 12.8. The second-order valence-electron chi connectivity index (χ2n) is 4.47. The number of nitrogens with zero attached hydrogens (tertiary/aromatic N) is 2. The molecule has 0 amide bonds. The molecular weight excluding hydrogens is 297 g/mol. The molecule has 0 aliphatic carbocycles. The summed E-state index contributed by atoms with van der Waals surface area (Å²) in [4.78, 5) is 16.7. The van der Waals surface area contributed by atoms with Gasteiger partial charge in [-0.2, -0.15) is 13.2 Å². The highest BCUT2D eigenvalue weighted by atomic mass is 19.4. The van der Waals surface area contributed by atoms with Crippen molar-refractivity contribution >= 4 is 17.5 Å². The Bertz CT molecular complexity index is 686. The molecule has 0 saturated heterocycles. The first-order valence-corrected chi connectivity index (χ1v) is 6.47. The predicted octanol–water partition coefficient (Wildman–Crippen LogP) is 3.96. The number of halogens is 3. The summed E-state index contributed by atoms with van der Waals surface area (Å²) in [5.74, 6) is -1.08. The number of carboxylic acids is 1. The summed E-state index contributed by atoms with van der Waals surface area (Å²) in [6.45, 7) is 1.99. The van der Waals surface area contributed by atoms with Crippen molar-refractivity contribution in [1.82, 2.24) is 4.98 Å². The topological polar surface area (TPSA) is 53.4 Å². The Morgan fingerprint density at radius 1 is 1.27 bits per heavy atom. The lowest BCUT2D eigenvalue weighted by Crippen LogP contribution is -2.21. The first kappa shape index (κ1) is 15.8. The Morgan fingerprint density at radius 3 is 2.59 bits per heavy atom. The van der Waals surface area contributed by atoms with Gasteiger partial charge in [-0.25, -0.2) is 9.78 Å². The van der Waals surface area contributed by atoms with Crippen molar-refractivity contribution in [1.29, 1.82) is 0 Å². The molecule has 0 aliphatic rings. The van der Waals surface area contributed by atoms with E-state index in [1.807, 2.05) is 0 Å². The van der Waals surface area contributed by atoms with E-state index in [0.29, 0.717) is 0 Å². The van der Waals surface area contributed by atoms with Gasteiger partial charge >= 0.3 is 12.1 Å². The quantitative estimate of drug-likeness (QED) is 0.929. The number of alkyl halides is 3. The van der Waals surface area contributed by atoms with Crippen LogP contribution >= 0.6 is 0 Å². The van der Waals surface area contributed by atoms with Gasteiger partial charge in [-0.1, -0.05) is 6.07 Å². The molecule has 0 spiro atoms. The molecule has 0 fully saturated rings. The van der Waals surface area contributed by atoms with Crippen LogP contribution in [0.3, 0.4) is 0 Å². The number of benzene rings is 1. The molecule has 0 atom stereocenters. The summed E-state index contributed by atoms with van der Waals surface area (Å²) in [6, 6.07) is 7.54. The van der Waals surface area contributed by atoms with E-state index in [0.717, 1.165) is 12.1 Å². The minimum atomic E-state index is -4.46. The molecule has 1 aromatic heterocycles. The Morgan fingerprint density at radius 2 is 2.00 bits per heavy atom. The van der Waals surface area contributed by atoms with E-state index in [1.165, 1.54) is 35.4 Å². The van der Waals surface area contributed by atoms with E-state index in [9.17, 15) is 23.1 Å². The van der Waals surface area contributed by atoms with Crippen LogP contribution < -0.4 is 4.90 Å². The number of rotatable bonds is 4. The van der Waals surface area contributed by atoms with E-state index >= 15 is 0 Å². The third-order valence-corrected chi connectivity index (χ3v) is 3.07. The van der Waals surface area contributed by atoms with Gasteiger partial charge in [-0.15, -0.1) is 0 Å². The molecule has 1 aromatic carbocycles. The summed E-state index contributed by atoms with van der Waals surface area (Å²) in [5, 5.41) is 9.19. The first-order chi connectivity index (χ1) is 10.3. The van der Waals surface area contributed by atoms with Crippen molar-refractivity contribution in [2.75, 3.05) is 11.4 Å². The lowest BCUT2D eigenvalue weighted by molar-refractivity contribution is -0.137. The second-order valence-corrected chi connectivity index (χ2v) is 4.47. The van der Waals surface area contributed by atoms with Crippen molar-refractivity contribution in [3.05, 3.63) is 53.7 Å². The zero-order chi connectivity index (χ0) is 16.3. The molecule has 0 saturated carbocycles. The van der Waals surface area contributed by atoms with Crippen molar-refractivity contribution in [3.63, 3.8) is 0 Å². The van der Waals surface area contributed by atoms with E-state index < -0.39 is 17.7 Å². The number of hydrogen-bond acceptors (Lipinski definition) is 3. The van der Waals surface area contributed by atoms with E-state index in [2.05, 4.69) is 4.98 Å². The van der Waals surface area contributed by atoms with Crippen LogP contribution in [0.15, 0.2) is 42.6 Å². The van der Waals surface area contributed by atoms with Crippen molar-refractivity contribution in [3.8, 4) is 0 Å². The zero-order valence-electron chi connectivity index (χ0n) is 11.6. The molecule has 2 rings (SSSR count). The van der Waals surface area contributed by atoms with Gasteiger partial charge in [0.2, 0.25) is 0 Å². The van der Waals surface area contributed by atoms with E-state index in [-0.39, 0.29) is 23.6 Å². The van der Waals surface area contributed by atoms with Crippen LogP contribution in [-0.4, -0.2) is 22.6 Å². The van der Waals surface area contributed by atoms with Gasteiger partial charge in [0.15, 0.2) is 0 Å². The molecule has 116 valence electrons. The molecule has 22 heavy (non-hydrogen) atoms. The Kier molecular flexibility index (Phi) is 4.35. The summed E-state index contributed by atoms with van der Waals surface area (Å²) in [5.41, 5.74) is -0.628. The summed E-state index contributed by atoms with van der Waals surface area (Å²) < 4.78 is 38.5. The molecule has 0 unspecified atom stereocenters. The Labute approximate surface area is 124 Å². The molecule has 1 heterocycles. The first-order valence-electron chi connectivity index (χ1n) is 6.47. The van der Waals surface area contributed by atoms with Crippen LogP contribution in [0.25, 0.3) is 0 Å². The minimum absolute atomic E-state index is 0.0678. The van der Waals surface area contributed by atoms with Crippen LogP contribution in [0.5, 0.6) is 0 Å². The lowest BCUT2D eigenvalue weighted by Gasteiger charge is -2.24. The fraction of sp³-hybridized carbons (Fsp3) is 0.200. The van der Waals surface area contributed by atoms with Crippen molar-refractivity contribution in [2.45, 2.75) is 13.1 Å². The summed E-state index contributed by atoms with van der Waals surface area (Å²) in [6.07, 6.45) is -3.06. The summed E-state index contributed by atoms with van der Waals surface area (Å²) >= 11 is 0. The summed E-state index contributed by atoms with van der Waals surface area (Å²) in [7, 11) is 0. The fourth-order valence-electron chi connectivity index (χ4n) is 2.08.